The third kappa shape index (κ3) is 2.73. The summed E-state index contributed by atoms with van der Waals surface area (Å²) in [5.41, 5.74) is 0.552. The van der Waals surface area contributed by atoms with Gasteiger partial charge in [-0.2, -0.15) is 0 Å². The van der Waals surface area contributed by atoms with E-state index in [1.807, 2.05) is 0 Å². The van der Waals surface area contributed by atoms with Crippen molar-refractivity contribution in [1.29, 1.82) is 0 Å². The maximum atomic E-state index is 10.7. The van der Waals surface area contributed by atoms with Crippen molar-refractivity contribution in [2.45, 2.75) is 64.2 Å². The van der Waals surface area contributed by atoms with E-state index in [-0.39, 0.29) is 0 Å². The Labute approximate surface area is 92.1 Å². The summed E-state index contributed by atoms with van der Waals surface area (Å²) >= 11 is 0. The highest BCUT2D eigenvalue weighted by molar-refractivity contribution is 5.67. The lowest BCUT2D eigenvalue weighted by atomic mass is 9.78. The Bertz CT molecular complexity index is 227. The Kier molecular flexibility index (Phi) is 3.32. The van der Waals surface area contributed by atoms with Crippen LogP contribution in [0.5, 0.6) is 0 Å². The Morgan fingerprint density at radius 2 is 1.80 bits per heavy atom. The molecule has 15 heavy (non-hydrogen) atoms. The largest absolute Gasteiger partial charge is 0.481 e. The normalized spacial score (nSPS) is 30.3. The van der Waals surface area contributed by atoms with Gasteiger partial charge in [0.05, 0.1) is 0 Å². The number of hydrogen-bond donors (Lipinski definition) is 1. The molecule has 1 atom stereocenters. The maximum Gasteiger partial charge on any atom is 0.303 e. The first-order valence-corrected chi connectivity index (χ1v) is 6.42. The fourth-order valence-electron chi connectivity index (χ4n) is 3.68. The van der Waals surface area contributed by atoms with Gasteiger partial charge in [0.25, 0.3) is 0 Å². The van der Waals surface area contributed by atoms with Gasteiger partial charge in [0.1, 0.15) is 0 Å². The van der Waals surface area contributed by atoms with Crippen molar-refractivity contribution in [1.82, 2.24) is 0 Å². The summed E-state index contributed by atoms with van der Waals surface area (Å²) in [5.74, 6) is -0.133. The number of carboxylic acids is 1. The quantitative estimate of drug-likeness (QED) is 0.756. The Hall–Kier alpha value is -0.530. The average Bonchev–Trinajstić information content (AvgIpc) is 2.42. The van der Waals surface area contributed by atoms with Crippen molar-refractivity contribution < 1.29 is 9.90 Å². The molecule has 2 fully saturated rings. The van der Waals surface area contributed by atoms with Crippen molar-refractivity contribution in [2.75, 3.05) is 0 Å². The summed E-state index contributed by atoms with van der Waals surface area (Å²) in [6.45, 7) is 0. The fraction of sp³-hybridized carbons (Fsp3) is 0.923. The predicted octanol–water partition coefficient (Wildman–Crippen LogP) is 3.60. The van der Waals surface area contributed by atoms with Crippen molar-refractivity contribution in [3.63, 3.8) is 0 Å². The molecule has 0 heterocycles. The molecular formula is C13H22O2. The topological polar surface area (TPSA) is 37.3 Å². The van der Waals surface area contributed by atoms with Crippen LogP contribution in [0.25, 0.3) is 0 Å². The molecule has 1 N–H and O–H groups in total. The van der Waals surface area contributed by atoms with Crippen LogP contribution in [0, 0.1) is 11.3 Å². The van der Waals surface area contributed by atoms with Crippen molar-refractivity contribution in [3.8, 4) is 0 Å². The Balaban J connectivity index is 1.91. The van der Waals surface area contributed by atoms with E-state index in [0.29, 0.717) is 17.8 Å². The highest BCUT2D eigenvalue weighted by Gasteiger charge is 2.39. The van der Waals surface area contributed by atoms with Crippen LogP contribution in [0.15, 0.2) is 0 Å². The van der Waals surface area contributed by atoms with Crippen LogP contribution in [0.1, 0.15) is 64.2 Å². The van der Waals surface area contributed by atoms with Crippen molar-refractivity contribution in [3.05, 3.63) is 0 Å². The molecule has 2 saturated carbocycles. The highest BCUT2D eigenvalue weighted by Crippen LogP contribution is 2.51. The zero-order valence-corrected chi connectivity index (χ0v) is 9.50. The molecule has 0 bridgehead atoms. The summed E-state index contributed by atoms with van der Waals surface area (Å²) in [6.07, 6.45) is 12.3. The molecule has 2 heteroatoms. The number of rotatable bonds is 2. The van der Waals surface area contributed by atoms with Crippen LogP contribution in [0.2, 0.25) is 0 Å². The first-order valence-electron chi connectivity index (χ1n) is 6.42. The van der Waals surface area contributed by atoms with E-state index < -0.39 is 5.97 Å². The van der Waals surface area contributed by atoms with Gasteiger partial charge in [-0.15, -0.1) is 0 Å². The minimum absolute atomic E-state index is 0.405. The Morgan fingerprint density at radius 1 is 1.13 bits per heavy atom. The van der Waals surface area contributed by atoms with Gasteiger partial charge in [-0.05, 0) is 43.4 Å². The van der Waals surface area contributed by atoms with E-state index in [1.54, 1.807) is 0 Å². The molecule has 0 aliphatic heterocycles. The number of hydrogen-bond acceptors (Lipinski definition) is 1. The number of carboxylic acid groups (broad SMARTS) is 1. The monoisotopic (exact) mass is 210 g/mol. The summed E-state index contributed by atoms with van der Waals surface area (Å²) in [4.78, 5) is 10.7. The van der Waals surface area contributed by atoms with Crippen molar-refractivity contribution >= 4 is 5.97 Å². The Morgan fingerprint density at radius 3 is 2.40 bits per heavy atom. The van der Waals surface area contributed by atoms with E-state index in [9.17, 15) is 4.79 Å². The molecule has 86 valence electrons. The van der Waals surface area contributed by atoms with Gasteiger partial charge in [0.2, 0.25) is 0 Å². The van der Waals surface area contributed by atoms with Gasteiger partial charge in [0, 0.05) is 6.42 Å². The van der Waals surface area contributed by atoms with E-state index in [2.05, 4.69) is 0 Å². The first kappa shape index (κ1) is 11.0. The molecule has 2 aliphatic rings. The van der Waals surface area contributed by atoms with Gasteiger partial charge in [-0.1, -0.05) is 25.7 Å². The number of aliphatic carboxylic acids is 1. The second-order valence-corrected chi connectivity index (χ2v) is 5.62. The molecule has 1 spiro atoms. The predicted molar refractivity (Wildman–Crippen MR) is 59.7 cm³/mol. The third-order valence-electron chi connectivity index (χ3n) is 4.43. The molecule has 0 aromatic rings. The molecule has 0 aromatic heterocycles. The lowest BCUT2D eigenvalue weighted by Gasteiger charge is -2.27. The molecular weight excluding hydrogens is 188 g/mol. The molecule has 2 nitrogen and oxygen atoms in total. The first-order chi connectivity index (χ1) is 7.20. The lowest BCUT2D eigenvalue weighted by Crippen LogP contribution is -2.16. The SMILES string of the molecule is O=C(O)C[C@H]1CCC2(CCCCCC2)C1. The van der Waals surface area contributed by atoms with Crippen LogP contribution in [0.4, 0.5) is 0 Å². The van der Waals surface area contributed by atoms with Crippen LogP contribution >= 0.6 is 0 Å². The molecule has 2 rings (SSSR count). The van der Waals surface area contributed by atoms with Crippen molar-refractivity contribution in [2.24, 2.45) is 11.3 Å². The lowest BCUT2D eigenvalue weighted by molar-refractivity contribution is -0.138. The molecule has 0 unspecified atom stereocenters. The minimum Gasteiger partial charge on any atom is -0.481 e. The van der Waals surface area contributed by atoms with E-state index >= 15 is 0 Å². The second kappa shape index (κ2) is 4.54. The molecule has 0 saturated heterocycles. The molecule has 0 aromatic carbocycles. The van der Waals surface area contributed by atoms with Crippen LogP contribution in [0.3, 0.4) is 0 Å². The molecule has 2 aliphatic carbocycles. The van der Waals surface area contributed by atoms with Crippen LogP contribution < -0.4 is 0 Å². The zero-order valence-electron chi connectivity index (χ0n) is 9.50. The summed E-state index contributed by atoms with van der Waals surface area (Å²) in [7, 11) is 0. The second-order valence-electron chi connectivity index (χ2n) is 5.62. The zero-order chi connectivity index (χ0) is 10.7. The number of carbonyl (C=O) groups is 1. The van der Waals surface area contributed by atoms with Gasteiger partial charge < -0.3 is 5.11 Å². The van der Waals surface area contributed by atoms with Gasteiger partial charge in [-0.25, -0.2) is 0 Å². The maximum absolute atomic E-state index is 10.7. The molecule has 0 amide bonds. The van der Waals surface area contributed by atoms with Gasteiger partial charge in [-0.3, -0.25) is 4.79 Å². The van der Waals surface area contributed by atoms with E-state index in [1.165, 1.54) is 51.4 Å². The van der Waals surface area contributed by atoms with Crippen LogP contribution in [-0.4, -0.2) is 11.1 Å². The summed E-state index contributed by atoms with van der Waals surface area (Å²) < 4.78 is 0. The van der Waals surface area contributed by atoms with E-state index in [4.69, 9.17) is 5.11 Å². The summed E-state index contributed by atoms with van der Waals surface area (Å²) in [5, 5.41) is 8.82. The minimum atomic E-state index is -0.606. The molecule has 0 radical (unpaired) electrons. The van der Waals surface area contributed by atoms with E-state index in [0.717, 1.165) is 6.42 Å². The van der Waals surface area contributed by atoms with Crippen LogP contribution in [-0.2, 0) is 4.79 Å². The van der Waals surface area contributed by atoms with Gasteiger partial charge >= 0.3 is 5.97 Å². The summed E-state index contributed by atoms with van der Waals surface area (Å²) in [6, 6.07) is 0. The fourth-order valence-corrected chi connectivity index (χ4v) is 3.68. The third-order valence-corrected chi connectivity index (χ3v) is 4.43. The highest BCUT2D eigenvalue weighted by atomic mass is 16.4. The average molecular weight is 210 g/mol. The smallest absolute Gasteiger partial charge is 0.303 e. The standard InChI is InChI=1S/C13H22O2/c14-12(15)9-11-5-8-13(10-11)6-3-1-2-4-7-13/h11H,1-10H2,(H,14,15)/t11-/m1/s1. The van der Waals surface area contributed by atoms with Gasteiger partial charge in [0.15, 0.2) is 0 Å².